The van der Waals surface area contributed by atoms with Crippen molar-refractivity contribution >= 4 is 51.0 Å². The van der Waals surface area contributed by atoms with Crippen molar-refractivity contribution in [1.82, 2.24) is 14.9 Å². The van der Waals surface area contributed by atoms with Gasteiger partial charge >= 0.3 is 0 Å². The Balaban J connectivity index is 1.44. The Morgan fingerprint density at radius 3 is 2.35 bits per heavy atom. The summed E-state index contributed by atoms with van der Waals surface area (Å²) >= 11 is 3.29. The van der Waals surface area contributed by atoms with E-state index in [1.54, 1.807) is 36.4 Å². The first-order valence-electron chi connectivity index (χ1n) is 9.45. The van der Waals surface area contributed by atoms with Gasteiger partial charge in [-0.25, -0.2) is 9.97 Å². The summed E-state index contributed by atoms with van der Waals surface area (Å²) in [5, 5.41) is 5.83. The number of imide groups is 1. The first-order valence-corrected chi connectivity index (χ1v) is 10.2. The summed E-state index contributed by atoms with van der Waals surface area (Å²) in [6, 6.07) is 13.7. The quantitative estimate of drug-likeness (QED) is 0.538. The number of nitrogens with one attached hydrogen (secondary N) is 2. The molecule has 156 valence electrons. The van der Waals surface area contributed by atoms with Gasteiger partial charge in [-0.15, -0.1) is 0 Å². The van der Waals surface area contributed by atoms with Crippen molar-refractivity contribution in [1.29, 1.82) is 0 Å². The molecule has 1 aromatic heterocycles. The molecule has 1 aliphatic heterocycles. The Kier molecular flexibility index (Phi) is 5.51. The molecule has 2 N–H and O–H groups in total. The largest absolute Gasteiger partial charge is 0.324 e. The topological polar surface area (TPSA) is 104 Å². The van der Waals surface area contributed by atoms with E-state index in [9.17, 15) is 14.4 Å². The highest BCUT2D eigenvalue weighted by Gasteiger charge is 2.36. The lowest BCUT2D eigenvalue weighted by atomic mass is 10.1. The van der Waals surface area contributed by atoms with Gasteiger partial charge in [0.1, 0.15) is 6.54 Å². The molecule has 0 saturated carbocycles. The minimum atomic E-state index is -0.487. The van der Waals surface area contributed by atoms with Crippen molar-refractivity contribution in [3.63, 3.8) is 0 Å². The summed E-state index contributed by atoms with van der Waals surface area (Å²) in [5.41, 5.74) is 3.46. The number of anilines is 3. The van der Waals surface area contributed by atoms with Crippen LogP contribution in [0.1, 0.15) is 32.1 Å². The van der Waals surface area contributed by atoms with Gasteiger partial charge in [-0.3, -0.25) is 19.3 Å². The highest BCUT2D eigenvalue weighted by Crippen LogP contribution is 2.26. The van der Waals surface area contributed by atoms with Gasteiger partial charge in [0.15, 0.2) is 0 Å². The van der Waals surface area contributed by atoms with Crippen molar-refractivity contribution in [2.75, 3.05) is 17.2 Å². The lowest BCUT2D eigenvalue weighted by Crippen LogP contribution is -2.37. The maximum absolute atomic E-state index is 12.5. The van der Waals surface area contributed by atoms with Crippen LogP contribution in [0.5, 0.6) is 0 Å². The molecule has 31 heavy (non-hydrogen) atoms. The Morgan fingerprint density at radius 1 is 0.935 bits per heavy atom. The molecule has 9 heteroatoms. The third-order valence-corrected chi connectivity index (χ3v) is 5.11. The van der Waals surface area contributed by atoms with E-state index in [0.717, 1.165) is 16.3 Å². The van der Waals surface area contributed by atoms with Gasteiger partial charge in [-0.1, -0.05) is 22.0 Å². The average Bonchev–Trinajstić information content (AvgIpc) is 2.92. The van der Waals surface area contributed by atoms with Crippen LogP contribution in [0.15, 0.2) is 53.0 Å². The van der Waals surface area contributed by atoms with Gasteiger partial charge < -0.3 is 10.6 Å². The third-order valence-electron chi connectivity index (χ3n) is 4.62. The summed E-state index contributed by atoms with van der Waals surface area (Å²) in [6.07, 6.45) is 0. The summed E-state index contributed by atoms with van der Waals surface area (Å²) < 4.78 is 0.691. The molecule has 0 radical (unpaired) electrons. The van der Waals surface area contributed by atoms with Gasteiger partial charge in [-0.05, 0) is 56.3 Å². The molecule has 2 heterocycles. The van der Waals surface area contributed by atoms with Crippen LogP contribution < -0.4 is 10.6 Å². The number of carbonyl (C=O) groups is 3. The maximum Gasteiger partial charge on any atom is 0.262 e. The fraction of sp³-hybridized carbons (Fsp3) is 0.136. The zero-order chi connectivity index (χ0) is 22.1. The number of halogens is 1. The zero-order valence-electron chi connectivity index (χ0n) is 16.8. The molecule has 0 fully saturated rings. The fourth-order valence-corrected chi connectivity index (χ4v) is 3.70. The van der Waals surface area contributed by atoms with E-state index in [-0.39, 0.29) is 12.1 Å². The molecule has 0 aliphatic carbocycles. The van der Waals surface area contributed by atoms with Crippen molar-refractivity contribution in [2.24, 2.45) is 0 Å². The fourth-order valence-electron chi connectivity index (χ4n) is 3.34. The number of aromatic nitrogens is 2. The van der Waals surface area contributed by atoms with Crippen LogP contribution in [-0.4, -0.2) is 39.1 Å². The van der Waals surface area contributed by atoms with Crippen LogP contribution >= 0.6 is 15.9 Å². The molecule has 0 atom stereocenters. The number of fused-ring (bicyclic) bond motifs is 1. The van der Waals surface area contributed by atoms with E-state index in [0.29, 0.717) is 27.4 Å². The van der Waals surface area contributed by atoms with Gasteiger partial charge in [0.05, 0.1) is 11.1 Å². The Bertz CT molecular complexity index is 1210. The lowest BCUT2D eigenvalue weighted by molar-refractivity contribution is -0.116. The summed E-state index contributed by atoms with van der Waals surface area (Å²) in [5.74, 6) is -0.990. The minimum Gasteiger partial charge on any atom is -0.324 e. The van der Waals surface area contributed by atoms with Crippen LogP contribution in [0.25, 0.3) is 0 Å². The summed E-state index contributed by atoms with van der Waals surface area (Å²) in [4.78, 5) is 47.2. The van der Waals surface area contributed by atoms with E-state index >= 15 is 0 Å². The first-order chi connectivity index (χ1) is 14.8. The number of carbonyl (C=O) groups excluding carboxylic acids is 3. The van der Waals surface area contributed by atoms with Crippen molar-refractivity contribution in [3.8, 4) is 0 Å². The number of benzene rings is 2. The normalized spacial score (nSPS) is 12.7. The predicted molar refractivity (Wildman–Crippen MR) is 119 cm³/mol. The predicted octanol–water partition coefficient (Wildman–Crippen LogP) is 3.83. The van der Waals surface area contributed by atoms with Crippen LogP contribution in [0.4, 0.5) is 17.3 Å². The molecule has 0 saturated heterocycles. The van der Waals surface area contributed by atoms with Gasteiger partial charge in [0, 0.05) is 27.2 Å². The Labute approximate surface area is 186 Å². The molecule has 4 rings (SSSR count). The smallest absolute Gasteiger partial charge is 0.262 e. The monoisotopic (exact) mass is 479 g/mol. The Morgan fingerprint density at radius 2 is 1.61 bits per heavy atom. The molecule has 3 aromatic rings. The third kappa shape index (κ3) is 4.46. The van der Waals surface area contributed by atoms with E-state index in [4.69, 9.17) is 0 Å². The van der Waals surface area contributed by atoms with Crippen molar-refractivity contribution < 1.29 is 14.4 Å². The number of rotatable bonds is 5. The maximum atomic E-state index is 12.5. The van der Waals surface area contributed by atoms with E-state index in [1.807, 2.05) is 26.0 Å². The van der Waals surface area contributed by atoms with Crippen LogP contribution in [-0.2, 0) is 4.79 Å². The molecule has 1 aliphatic rings. The number of hydrogen-bond acceptors (Lipinski definition) is 6. The van der Waals surface area contributed by atoms with Gasteiger partial charge in [0.25, 0.3) is 11.8 Å². The number of amides is 3. The minimum absolute atomic E-state index is 0.284. The molecule has 2 aromatic carbocycles. The lowest BCUT2D eigenvalue weighted by Gasteiger charge is -2.14. The van der Waals surface area contributed by atoms with Gasteiger partial charge in [0.2, 0.25) is 11.9 Å². The molecular weight excluding hydrogens is 462 g/mol. The second-order valence-electron chi connectivity index (χ2n) is 7.11. The van der Waals surface area contributed by atoms with E-state index in [1.165, 1.54) is 0 Å². The van der Waals surface area contributed by atoms with Crippen LogP contribution in [0, 0.1) is 13.8 Å². The van der Waals surface area contributed by atoms with E-state index < -0.39 is 17.7 Å². The molecule has 3 amide bonds. The van der Waals surface area contributed by atoms with Crippen molar-refractivity contribution in [2.45, 2.75) is 13.8 Å². The standard InChI is InChI=1S/C22H18BrN5O3/c1-12-8-13(2)25-22(24-12)27-16-5-3-4-15(10-16)26-19(29)11-28-20(30)17-7-6-14(23)9-18(17)21(28)31/h3-10H,11H2,1-2H3,(H,26,29)(H,24,25,27). The SMILES string of the molecule is Cc1cc(C)nc(Nc2cccc(NC(=O)CN3C(=O)c4ccc(Br)cc4C3=O)c2)n1. The van der Waals surface area contributed by atoms with Crippen LogP contribution in [0.2, 0.25) is 0 Å². The highest BCUT2D eigenvalue weighted by molar-refractivity contribution is 9.10. The second-order valence-corrected chi connectivity index (χ2v) is 8.03. The Hall–Kier alpha value is -3.59. The zero-order valence-corrected chi connectivity index (χ0v) is 18.4. The molecular formula is C22H18BrN5O3. The van der Waals surface area contributed by atoms with Crippen LogP contribution in [0.3, 0.4) is 0 Å². The summed E-state index contributed by atoms with van der Waals surface area (Å²) in [7, 11) is 0. The second kappa shape index (κ2) is 8.27. The number of nitrogens with zero attached hydrogens (tertiary/aromatic N) is 3. The van der Waals surface area contributed by atoms with E-state index in [2.05, 4.69) is 36.5 Å². The highest BCUT2D eigenvalue weighted by atomic mass is 79.9. The average molecular weight is 480 g/mol. The first kappa shape index (κ1) is 20.7. The summed E-state index contributed by atoms with van der Waals surface area (Å²) in [6.45, 7) is 3.39. The molecule has 8 nitrogen and oxygen atoms in total. The molecule has 0 unspecified atom stereocenters. The van der Waals surface area contributed by atoms with Gasteiger partial charge in [-0.2, -0.15) is 0 Å². The van der Waals surface area contributed by atoms with Crippen molar-refractivity contribution in [3.05, 3.63) is 75.5 Å². The number of hydrogen-bond donors (Lipinski definition) is 2. The molecule has 0 spiro atoms. The number of aryl methyl sites for hydroxylation is 2. The molecule has 0 bridgehead atoms.